The number of carbonyl (C=O) groups excluding carboxylic acids is 1. The number of hydrogen-bond acceptors (Lipinski definition) is 6. The number of hydrogen-bond donors (Lipinski definition) is 1. The summed E-state index contributed by atoms with van der Waals surface area (Å²) in [7, 11) is 0. The van der Waals surface area contributed by atoms with E-state index in [0.29, 0.717) is 16.2 Å². The second-order valence-corrected chi connectivity index (χ2v) is 13.8. The highest BCUT2D eigenvalue weighted by molar-refractivity contribution is 9.10. The summed E-state index contributed by atoms with van der Waals surface area (Å²) in [5, 5.41) is 17.1. The molecule has 1 fully saturated rings. The lowest BCUT2D eigenvalue weighted by Crippen LogP contribution is -2.32. The van der Waals surface area contributed by atoms with Crippen molar-refractivity contribution in [3.63, 3.8) is 0 Å². The Labute approximate surface area is 272 Å². The summed E-state index contributed by atoms with van der Waals surface area (Å²) >= 11 is 12.3. The number of alkyl halides is 1. The molecule has 0 radical (unpaired) electrons. The SMILES string of the molecule is O=C(Oc1ccc2ccccc2c1)c1cccc2c1NC(c1ccc(Br)cc1)C1CC(Sc3ccccc3[N+](=O)[O-])C(Cl)C21. The number of carbonyl (C=O) groups is 1. The molecular weight excluding hydrogens is 660 g/mol. The van der Waals surface area contributed by atoms with Crippen molar-refractivity contribution in [1.29, 1.82) is 0 Å². The molecule has 0 spiro atoms. The van der Waals surface area contributed by atoms with Gasteiger partial charge in [0, 0.05) is 21.7 Å². The Morgan fingerprint density at radius 2 is 1.68 bits per heavy atom. The average molecular weight is 686 g/mol. The topological polar surface area (TPSA) is 81.5 Å². The molecule has 1 N–H and O–H groups in total. The Bertz CT molecular complexity index is 1900. The minimum Gasteiger partial charge on any atom is -0.423 e. The van der Waals surface area contributed by atoms with Crippen LogP contribution in [0, 0.1) is 16.0 Å². The van der Waals surface area contributed by atoms with Gasteiger partial charge in [0.05, 0.1) is 32.5 Å². The van der Waals surface area contributed by atoms with Crippen LogP contribution in [-0.2, 0) is 0 Å². The highest BCUT2D eigenvalue weighted by atomic mass is 79.9. The zero-order chi connectivity index (χ0) is 30.4. The highest BCUT2D eigenvalue weighted by Crippen LogP contribution is 2.58. The Hall–Kier alpha value is -3.85. The molecule has 2 aliphatic rings. The molecule has 7 rings (SSSR count). The van der Waals surface area contributed by atoms with Gasteiger partial charge in [-0.25, -0.2) is 4.79 Å². The molecule has 1 aliphatic carbocycles. The predicted molar refractivity (Wildman–Crippen MR) is 179 cm³/mol. The molecule has 220 valence electrons. The summed E-state index contributed by atoms with van der Waals surface area (Å²) < 4.78 is 6.89. The van der Waals surface area contributed by atoms with Gasteiger partial charge in [0.2, 0.25) is 0 Å². The van der Waals surface area contributed by atoms with Crippen LogP contribution in [0.3, 0.4) is 0 Å². The van der Waals surface area contributed by atoms with E-state index in [1.165, 1.54) is 17.8 Å². The monoisotopic (exact) mass is 684 g/mol. The lowest BCUT2D eigenvalue weighted by molar-refractivity contribution is -0.387. The van der Waals surface area contributed by atoms with E-state index in [1.807, 2.05) is 66.7 Å². The molecule has 44 heavy (non-hydrogen) atoms. The fourth-order valence-corrected chi connectivity index (χ4v) is 8.79. The molecule has 1 saturated carbocycles. The van der Waals surface area contributed by atoms with Crippen molar-refractivity contribution in [3.05, 3.63) is 140 Å². The maximum absolute atomic E-state index is 13.7. The zero-order valence-electron chi connectivity index (χ0n) is 23.2. The Morgan fingerprint density at radius 3 is 2.48 bits per heavy atom. The summed E-state index contributed by atoms with van der Waals surface area (Å²) in [5.74, 6) is 0.0301. The van der Waals surface area contributed by atoms with Gasteiger partial charge in [-0.15, -0.1) is 23.4 Å². The number of para-hydroxylation sites is 2. The van der Waals surface area contributed by atoms with Crippen LogP contribution in [0.5, 0.6) is 5.75 Å². The summed E-state index contributed by atoms with van der Waals surface area (Å²) in [4.78, 5) is 25.7. The van der Waals surface area contributed by atoms with Gasteiger partial charge in [-0.1, -0.05) is 82.7 Å². The third-order valence-electron chi connectivity index (χ3n) is 8.57. The number of thioether (sulfide) groups is 1. The van der Waals surface area contributed by atoms with Gasteiger partial charge >= 0.3 is 5.97 Å². The summed E-state index contributed by atoms with van der Waals surface area (Å²) in [6, 6.07) is 34.1. The number of benzene rings is 5. The van der Waals surface area contributed by atoms with Crippen molar-refractivity contribution in [2.24, 2.45) is 5.92 Å². The number of anilines is 1. The van der Waals surface area contributed by atoms with E-state index in [9.17, 15) is 14.9 Å². The molecule has 0 aromatic heterocycles. The molecule has 0 bridgehead atoms. The van der Waals surface area contributed by atoms with Crippen LogP contribution >= 0.6 is 39.3 Å². The molecule has 0 amide bonds. The van der Waals surface area contributed by atoms with Gasteiger partial charge in [0.1, 0.15) is 5.75 Å². The molecule has 5 atom stereocenters. The minimum atomic E-state index is -0.451. The zero-order valence-corrected chi connectivity index (χ0v) is 26.4. The molecule has 9 heteroatoms. The fourth-order valence-electron chi connectivity index (χ4n) is 6.58. The van der Waals surface area contributed by atoms with Crippen molar-refractivity contribution in [2.45, 2.75) is 33.9 Å². The molecule has 1 heterocycles. The number of nitrogens with zero attached hydrogens (tertiary/aromatic N) is 1. The normalized spacial score (nSPS) is 22.1. The maximum Gasteiger partial charge on any atom is 0.345 e. The molecule has 1 aliphatic heterocycles. The molecule has 5 aromatic rings. The first-order chi connectivity index (χ1) is 21.4. The van der Waals surface area contributed by atoms with Crippen molar-refractivity contribution >= 4 is 67.4 Å². The van der Waals surface area contributed by atoms with Crippen molar-refractivity contribution < 1.29 is 14.5 Å². The first-order valence-electron chi connectivity index (χ1n) is 14.3. The number of nitrogens with one attached hydrogen (secondary N) is 1. The van der Waals surface area contributed by atoms with E-state index in [1.54, 1.807) is 24.3 Å². The van der Waals surface area contributed by atoms with Crippen LogP contribution in [0.25, 0.3) is 10.8 Å². The third-order valence-corrected chi connectivity index (χ3v) is 11.2. The third kappa shape index (κ3) is 5.36. The number of halogens is 2. The van der Waals surface area contributed by atoms with Crippen molar-refractivity contribution in [3.8, 4) is 5.75 Å². The van der Waals surface area contributed by atoms with E-state index in [-0.39, 0.29) is 39.1 Å². The minimum absolute atomic E-state index is 0.0772. The Kier molecular flexibility index (Phi) is 7.83. The van der Waals surface area contributed by atoms with E-state index in [2.05, 4.69) is 33.4 Å². The van der Waals surface area contributed by atoms with Crippen LogP contribution in [0.15, 0.2) is 119 Å². The largest absolute Gasteiger partial charge is 0.423 e. The Morgan fingerprint density at radius 1 is 0.932 bits per heavy atom. The van der Waals surface area contributed by atoms with Crippen LogP contribution in [-0.4, -0.2) is 21.5 Å². The molecular formula is C35H26BrClN2O4S. The molecule has 0 saturated heterocycles. The predicted octanol–water partition coefficient (Wildman–Crippen LogP) is 9.77. The number of rotatable bonds is 6. The summed E-state index contributed by atoms with van der Waals surface area (Å²) in [6.07, 6.45) is 0.745. The van der Waals surface area contributed by atoms with Crippen molar-refractivity contribution in [2.75, 3.05) is 5.32 Å². The Balaban J connectivity index is 1.26. The highest BCUT2D eigenvalue weighted by Gasteiger charge is 2.51. The van der Waals surface area contributed by atoms with Crippen LogP contribution in [0.1, 0.15) is 39.9 Å². The van der Waals surface area contributed by atoms with E-state index in [0.717, 1.165) is 38.5 Å². The van der Waals surface area contributed by atoms with Gasteiger partial charge in [-0.05, 0) is 70.6 Å². The van der Waals surface area contributed by atoms with Gasteiger partial charge in [-0.3, -0.25) is 10.1 Å². The van der Waals surface area contributed by atoms with Crippen molar-refractivity contribution in [1.82, 2.24) is 0 Å². The smallest absolute Gasteiger partial charge is 0.345 e. The number of ether oxygens (including phenoxy) is 1. The van der Waals surface area contributed by atoms with Crippen LogP contribution in [0.4, 0.5) is 11.4 Å². The molecule has 6 nitrogen and oxygen atoms in total. The first kappa shape index (κ1) is 28.9. The maximum atomic E-state index is 13.7. The number of esters is 1. The van der Waals surface area contributed by atoms with E-state index < -0.39 is 5.97 Å². The summed E-state index contributed by atoms with van der Waals surface area (Å²) in [6.45, 7) is 0. The van der Waals surface area contributed by atoms with Crippen LogP contribution < -0.4 is 10.1 Å². The first-order valence-corrected chi connectivity index (χ1v) is 16.4. The molecule has 5 aromatic carbocycles. The standard InChI is InChI=1S/C35H26BrClN2O4S/c36-23-15-12-21(13-16-23)33-27-19-30(44-29-11-4-3-10-28(29)39(41)42)32(37)31(27)25-8-5-9-26(34(25)38-33)35(40)43-24-17-14-20-6-1-2-7-22(20)18-24/h1-18,27,30-33,38H,19H2. The lowest BCUT2D eigenvalue weighted by Gasteiger charge is -2.39. The van der Waals surface area contributed by atoms with Gasteiger partial charge in [-0.2, -0.15) is 0 Å². The van der Waals surface area contributed by atoms with Gasteiger partial charge in [0.25, 0.3) is 5.69 Å². The number of fused-ring (bicyclic) bond motifs is 4. The average Bonchev–Trinajstić information content (AvgIpc) is 3.36. The number of nitro benzene ring substituents is 1. The lowest BCUT2D eigenvalue weighted by atomic mass is 9.76. The fraction of sp³-hybridized carbons (Fsp3) is 0.171. The van der Waals surface area contributed by atoms with Gasteiger partial charge < -0.3 is 10.1 Å². The van der Waals surface area contributed by atoms with Gasteiger partial charge in [0.15, 0.2) is 0 Å². The number of nitro groups is 1. The van der Waals surface area contributed by atoms with E-state index >= 15 is 0 Å². The second kappa shape index (κ2) is 11.9. The van der Waals surface area contributed by atoms with Crippen LogP contribution in [0.2, 0.25) is 0 Å². The summed E-state index contributed by atoms with van der Waals surface area (Å²) in [5.41, 5.74) is 3.27. The van der Waals surface area contributed by atoms with E-state index in [4.69, 9.17) is 16.3 Å². The quantitative estimate of drug-likeness (QED) is 0.0630. The molecule has 5 unspecified atom stereocenters. The second-order valence-electron chi connectivity index (χ2n) is 11.1.